The Morgan fingerprint density at radius 3 is 2.20 bits per heavy atom. The molecular formula is C5H7NO4. The number of carboxylic acid groups (broad SMARTS) is 1. The number of amides is 1. The number of aliphatic carboxylic acids is 1. The lowest BCUT2D eigenvalue weighted by Crippen LogP contribution is -2.33. The van der Waals surface area contributed by atoms with E-state index in [4.69, 9.17) is 5.11 Å². The molecule has 0 heterocycles. The second-order valence-electron chi connectivity index (χ2n) is 1.69. The molecule has 0 saturated carbocycles. The normalized spacial score (nSPS) is 8.50. The highest BCUT2D eigenvalue weighted by Crippen LogP contribution is 1.67. The van der Waals surface area contributed by atoms with Crippen molar-refractivity contribution >= 4 is 17.7 Å². The zero-order chi connectivity index (χ0) is 8.15. The summed E-state index contributed by atoms with van der Waals surface area (Å²) in [7, 11) is 0. The highest BCUT2D eigenvalue weighted by molar-refractivity contribution is 6.31. The van der Waals surface area contributed by atoms with Gasteiger partial charge in [-0.05, 0) is 6.92 Å². The largest absolute Gasteiger partial charge is 0.474 e. The molecule has 0 spiro atoms. The van der Waals surface area contributed by atoms with Crippen molar-refractivity contribution in [3.05, 3.63) is 0 Å². The molecule has 0 rings (SSSR count). The van der Waals surface area contributed by atoms with Crippen LogP contribution in [0, 0.1) is 0 Å². The molecule has 0 aromatic rings. The smallest absolute Gasteiger partial charge is 0.394 e. The van der Waals surface area contributed by atoms with Crippen molar-refractivity contribution in [1.29, 1.82) is 0 Å². The van der Waals surface area contributed by atoms with Crippen LogP contribution in [0.2, 0.25) is 0 Å². The Hall–Kier alpha value is -1.39. The molecule has 5 nitrogen and oxygen atoms in total. The van der Waals surface area contributed by atoms with E-state index in [1.165, 1.54) is 6.92 Å². The maximum atomic E-state index is 10.2. The molecule has 0 aliphatic rings. The minimum atomic E-state index is -1.58. The molecule has 0 aromatic heterocycles. The molecule has 2 N–H and O–H groups in total. The number of Topliss-reactive ketones (excluding diaryl/α,β-unsaturated/α-hetero) is 1. The lowest BCUT2D eigenvalue weighted by molar-refractivity contribution is -0.150. The molecule has 10 heavy (non-hydrogen) atoms. The van der Waals surface area contributed by atoms with Crippen LogP contribution in [0.4, 0.5) is 0 Å². The molecule has 0 bridgehead atoms. The third-order valence-corrected chi connectivity index (χ3v) is 0.692. The quantitative estimate of drug-likeness (QED) is 0.477. The molecule has 0 aliphatic carbocycles. The fraction of sp³-hybridized carbons (Fsp3) is 0.400. The number of ketones is 1. The van der Waals surface area contributed by atoms with Gasteiger partial charge in [-0.2, -0.15) is 0 Å². The highest BCUT2D eigenvalue weighted by Gasteiger charge is 2.09. The molecule has 56 valence electrons. The standard InChI is InChI=1S/C5H7NO4/c1-3(7)2-6-4(8)5(9)10/h2H2,1H3,(H,6,8)(H,9,10). The topological polar surface area (TPSA) is 83.5 Å². The number of carboxylic acids is 1. The molecule has 0 aliphatic heterocycles. The maximum absolute atomic E-state index is 10.2. The molecular weight excluding hydrogens is 138 g/mol. The van der Waals surface area contributed by atoms with Crippen molar-refractivity contribution < 1.29 is 19.5 Å². The van der Waals surface area contributed by atoms with Gasteiger partial charge in [0.15, 0.2) is 0 Å². The first-order chi connectivity index (χ1) is 4.54. The SMILES string of the molecule is CC(=O)CNC(=O)C(=O)O. The molecule has 0 saturated heterocycles. The van der Waals surface area contributed by atoms with Gasteiger partial charge < -0.3 is 10.4 Å². The minimum absolute atomic E-state index is 0.231. The van der Waals surface area contributed by atoms with Gasteiger partial charge in [-0.1, -0.05) is 0 Å². The van der Waals surface area contributed by atoms with Gasteiger partial charge in [-0.3, -0.25) is 9.59 Å². The van der Waals surface area contributed by atoms with Crippen LogP contribution in [-0.4, -0.2) is 29.3 Å². The second kappa shape index (κ2) is 3.60. The van der Waals surface area contributed by atoms with E-state index in [0.29, 0.717) is 0 Å². The van der Waals surface area contributed by atoms with Crippen molar-refractivity contribution in [2.45, 2.75) is 6.92 Å². The lowest BCUT2D eigenvalue weighted by Gasteiger charge is -1.95. The average molecular weight is 145 g/mol. The molecule has 0 unspecified atom stereocenters. The van der Waals surface area contributed by atoms with Crippen LogP contribution in [0.1, 0.15) is 6.92 Å². The first kappa shape index (κ1) is 8.61. The predicted molar refractivity (Wildman–Crippen MR) is 31.3 cm³/mol. The van der Waals surface area contributed by atoms with Crippen molar-refractivity contribution in [3.8, 4) is 0 Å². The van der Waals surface area contributed by atoms with E-state index in [0.717, 1.165) is 0 Å². The summed E-state index contributed by atoms with van der Waals surface area (Å²) in [6, 6.07) is 0. The summed E-state index contributed by atoms with van der Waals surface area (Å²) >= 11 is 0. The summed E-state index contributed by atoms with van der Waals surface area (Å²) in [4.78, 5) is 30.1. The lowest BCUT2D eigenvalue weighted by atomic mass is 10.4. The van der Waals surface area contributed by atoms with Crippen molar-refractivity contribution in [2.24, 2.45) is 0 Å². The molecule has 5 heteroatoms. The van der Waals surface area contributed by atoms with Gasteiger partial charge >= 0.3 is 11.9 Å². The average Bonchev–Trinajstić information content (AvgIpc) is 1.82. The fourth-order valence-corrected chi connectivity index (χ4v) is 0.280. The first-order valence-corrected chi connectivity index (χ1v) is 2.54. The van der Waals surface area contributed by atoms with Crippen LogP contribution < -0.4 is 5.32 Å². The van der Waals surface area contributed by atoms with Crippen LogP contribution in [0.5, 0.6) is 0 Å². The number of hydrogen-bond acceptors (Lipinski definition) is 3. The van der Waals surface area contributed by atoms with Crippen molar-refractivity contribution in [3.63, 3.8) is 0 Å². The van der Waals surface area contributed by atoms with E-state index in [2.05, 4.69) is 0 Å². The third-order valence-electron chi connectivity index (χ3n) is 0.692. The Balaban J connectivity index is 3.60. The number of nitrogens with one attached hydrogen (secondary N) is 1. The van der Waals surface area contributed by atoms with E-state index in [-0.39, 0.29) is 12.3 Å². The number of carbonyl (C=O) groups excluding carboxylic acids is 2. The summed E-state index contributed by atoms with van der Waals surface area (Å²) < 4.78 is 0. The molecule has 0 fully saturated rings. The Kier molecular flexibility index (Phi) is 3.10. The van der Waals surface area contributed by atoms with Crippen LogP contribution in [0.15, 0.2) is 0 Å². The Morgan fingerprint density at radius 2 is 1.90 bits per heavy atom. The second-order valence-corrected chi connectivity index (χ2v) is 1.69. The van der Waals surface area contributed by atoms with Crippen LogP contribution in [-0.2, 0) is 14.4 Å². The van der Waals surface area contributed by atoms with Crippen molar-refractivity contribution in [2.75, 3.05) is 6.54 Å². The molecule has 0 atom stereocenters. The van der Waals surface area contributed by atoms with E-state index in [1.54, 1.807) is 0 Å². The monoisotopic (exact) mass is 145 g/mol. The van der Waals surface area contributed by atoms with E-state index >= 15 is 0 Å². The summed E-state index contributed by atoms with van der Waals surface area (Å²) in [6.45, 7) is 1.02. The number of rotatable bonds is 2. The Bertz CT molecular complexity index is 174. The maximum Gasteiger partial charge on any atom is 0.394 e. The third kappa shape index (κ3) is 3.59. The fourth-order valence-electron chi connectivity index (χ4n) is 0.280. The summed E-state index contributed by atoms with van der Waals surface area (Å²) in [6.07, 6.45) is 0. The van der Waals surface area contributed by atoms with Gasteiger partial charge in [0.25, 0.3) is 0 Å². The van der Waals surface area contributed by atoms with Crippen molar-refractivity contribution in [1.82, 2.24) is 5.32 Å². The zero-order valence-corrected chi connectivity index (χ0v) is 5.38. The number of hydrogen-bond donors (Lipinski definition) is 2. The minimum Gasteiger partial charge on any atom is -0.474 e. The van der Waals surface area contributed by atoms with Crippen LogP contribution in [0.3, 0.4) is 0 Å². The summed E-state index contributed by atoms with van der Waals surface area (Å²) in [5.74, 6) is -3.02. The van der Waals surface area contributed by atoms with Gasteiger partial charge in [0.05, 0.1) is 6.54 Å². The molecule has 1 amide bonds. The van der Waals surface area contributed by atoms with E-state index in [9.17, 15) is 14.4 Å². The molecule has 0 aromatic carbocycles. The first-order valence-electron chi connectivity index (χ1n) is 2.54. The van der Waals surface area contributed by atoms with Gasteiger partial charge in [0.1, 0.15) is 5.78 Å². The van der Waals surface area contributed by atoms with Gasteiger partial charge in [-0.25, -0.2) is 4.79 Å². The van der Waals surface area contributed by atoms with Gasteiger partial charge in [0.2, 0.25) is 0 Å². The highest BCUT2D eigenvalue weighted by atomic mass is 16.4. The van der Waals surface area contributed by atoms with Gasteiger partial charge in [-0.15, -0.1) is 0 Å². The van der Waals surface area contributed by atoms with E-state index < -0.39 is 11.9 Å². The van der Waals surface area contributed by atoms with Crippen LogP contribution in [0.25, 0.3) is 0 Å². The summed E-state index contributed by atoms with van der Waals surface area (Å²) in [5.41, 5.74) is 0. The van der Waals surface area contributed by atoms with E-state index in [1.807, 2.05) is 5.32 Å². The molecule has 0 radical (unpaired) electrons. The summed E-state index contributed by atoms with van der Waals surface area (Å²) in [5, 5.41) is 9.87. The van der Waals surface area contributed by atoms with Crippen LogP contribution >= 0.6 is 0 Å². The number of carbonyl (C=O) groups is 3. The zero-order valence-electron chi connectivity index (χ0n) is 5.38. The predicted octanol–water partition coefficient (Wildman–Crippen LogP) is -1.22. The Labute approximate surface area is 57.0 Å². The van der Waals surface area contributed by atoms with Gasteiger partial charge in [0, 0.05) is 0 Å². The Morgan fingerprint density at radius 1 is 1.40 bits per heavy atom.